The van der Waals surface area contributed by atoms with Gasteiger partial charge in [0.2, 0.25) is 0 Å². The van der Waals surface area contributed by atoms with Gasteiger partial charge in [0, 0.05) is 21.8 Å². The van der Waals surface area contributed by atoms with Gasteiger partial charge in [-0.15, -0.1) is 18.3 Å². The molecule has 0 aromatic heterocycles. The molecule has 1 atom stereocenters. The summed E-state index contributed by atoms with van der Waals surface area (Å²) in [5.41, 5.74) is 1.08. The van der Waals surface area contributed by atoms with Crippen LogP contribution in [0.2, 0.25) is 0 Å². The molecular formula is C19H26S2. The van der Waals surface area contributed by atoms with Crippen LogP contribution in [-0.2, 0) is 0 Å². The molecule has 0 nitrogen and oxygen atoms in total. The standard InChI is InChI=1S/C19H26S2/c1-6-13-19(5,21-16-15-20-18(2,3)4)14-12-17-10-8-7-9-11-17/h6-11H,1,13,15-16H2,2-5H3. The second kappa shape index (κ2) is 8.61. The molecule has 0 bridgehead atoms. The van der Waals surface area contributed by atoms with E-state index >= 15 is 0 Å². The van der Waals surface area contributed by atoms with Crippen molar-refractivity contribution in [3.8, 4) is 11.8 Å². The van der Waals surface area contributed by atoms with Crippen molar-refractivity contribution >= 4 is 23.5 Å². The van der Waals surface area contributed by atoms with Crippen LogP contribution in [0.15, 0.2) is 43.0 Å². The van der Waals surface area contributed by atoms with Gasteiger partial charge in [-0.25, -0.2) is 0 Å². The van der Waals surface area contributed by atoms with Crippen molar-refractivity contribution in [1.29, 1.82) is 0 Å². The fraction of sp³-hybridized carbons (Fsp3) is 0.474. The predicted molar refractivity (Wildman–Crippen MR) is 101 cm³/mol. The summed E-state index contributed by atoms with van der Waals surface area (Å²) >= 11 is 3.95. The molecule has 1 rings (SSSR count). The average molecular weight is 319 g/mol. The first-order valence-electron chi connectivity index (χ1n) is 7.32. The van der Waals surface area contributed by atoms with E-state index < -0.39 is 0 Å². The van der Waals surface area contributed by atoms with Gasteiger partial charge < -0.3 is 0 Å². The van der Waals surface area contributed by atoms with Crippen molar-refractivity contribution in [2.45, 2.75) is 43.6 Å². The Morgan fingerprint density at radius 3 is 2.24 bits per heavy atom. The van der Waals surface area contributed by atoms with Gasteiger partial charge in [0.15, 0.2) is 0 Å². The highest BCUT2D eigenvalue weighted by Gasteiger charge is 2.21. The summed E-state index contributed by atoms with van der Waals surface area (Å²) in [6.45, 7) is 12.9. The minimum Gasteiger partial charge on any atom is -0.155 e. The van der Waals surface area contributed by atoms with Crippen LogP contribution in [0.25, 0.3) is 0 Å². The normalized spacial score (nSPS) is 13.9. The second-order valence-corrected chi connectivity index (χ2v) is 9.67. The van der Waals surface area contributed by atoms with Crippen LogP contribution >= 0.6 is 23.5 Å². The second-order valence-electron chi connectivity index (χ2n) is 6.15. The van der Waals surface area contributed by atoms with Crippen LogP contribution < -0.4 is 0 Å². The minimum atomic E-state index is -0.0456. The molecule has 0 heterocycles. The van der Waals surface area contributed by atoms with E-state index in [1.807, 2.05) is 47.8 Å². The zero-order chi connectivity index (χ0) is 15.8. The lowest BCUT2D eigenvalue weighted by molar-refractivity contribution is 0.803. The zero-order valence-electron chi connectivity index (χ0n) is 13.6. The van der Waals surface area contributed by atoms with Crippen LogP contribution in [0.1, 0.15) is 39.7 Å². The summed E-state index contributed by atoms with van der Waals surface area (Å²) < 4.78 is 0.293. The lowest BCUT2D eigenvalue weighted by Crippen LogP contribution is -2.18. The Morgan fingerprint density at radius 2 is 1.67 bits per heavy atom. The number of rotatable bonds is 6. The minimum absolute atomic E-state index is 0.0456. The van der Waals surface area contributed by atoms with Crippen molar-refractivity contribution in [1.82, 2.24) is 0 Å². The fourth-order valence-corrected chi connectivity index (χ4v) is 3.85. The lowest BCUT2D eigenvalue weighted by atomic mass is 10.1. The molecule has 0 radical (unpaired) electrons. The molecule has 0 saturated heterocycles. The maximum Gasteiger partial charge on any atom is 0.0775 e. The van der Waals surface area contributed by atoms with Gasteiger partial charge in [0.25, 0.3) is 0 Å². The van der Waals surface area contributed by atoms with Crippen LogP contribution in [0.3, 0.4) is 0 Å². The molecule has 0 saturated carbocycles. The Kier molecular flexibility index (Phi) is 7.49. The van der Waals surface area contributed by atoms with Gasteiger partial charge >= 0.3 is 0 Å². The van der Waals surface area contributed by atoms with Crippen LogP contribution in [0.4, 0.5) is 0 Å². The third kappa shape index (κ3) is 8.29. The highest BCUT2D eigenvalue weighted by molar-refractivity contribution is 8.04. The fourth-order valence-electron chi connectivity index (χ4n) is 1.76. The van der Waals surface area contributed by atoms with E-state index in [1.165, 1.54) is 0 Å². The summed E-state index contributed by atoms with van der Waals surface area (Å²) in [6.07, 6.45) is 2.89. The molecular weight excluding hydrogens is 292 g/mol. The first kappa shape index (κ1) is 18.3. The van der Waals surface area contributed by atoms with Crippen molar-refractivity contribution in [3.05, 3.63) is 48.6 Å². The van der Waals surface area contributed by atoms with Crippen LogP contribution in [-0.4, -0.2) is 21.0 Å². The van der Waals surface area contributed by atoms with E-state index in [4.69, 9.17) is 0 Å². The molecule has 1 aromatic carbocycles. The van der Waals surface area contributed by atoms with E-state index in [0.29, 0.717) is 4.75 Å². The predicted octanol–water partition coefficient (Wildman–Crippen LogP) is 5.64. The van der Waals surface area contributed by atoms with E-state index in [0.717, 1.165) is 23.5 Å². The Hall–Kier alpha value is -0.780. The molecule has 1 aromatic rings. The topological polar surface area (TPSA) is 0 Å². The number of benzene rings is 1. The van der Waals surface area contributed by atoms with Gasteiger partial charge in [-0.1, -0.05) is 56.9 Å². The smallest absolute Gasteiger partial charge is 0.0775 e. The lowest BCUT2D eigenvalue weighted by Gasteiger charge is -2.23. The van der Waals surface area contributed by atoms with Crippen molar-refractivity contribution in [3.63, 3.8) is 0 Å². The Bertz CT molecular complexity index is 488. The summed E-state index contributed by atoms with van der Waals surface area (Å²) in [7, 11) is 0. The highest BCUT2D eigenvalue weighted by Crippen LogP contribution is 2.31. The number of allylic oxidation sites excluding steroid dienone is 1. The third-order valence-corrected chi connectivity index (χ3v) is 5.66. The van der Waals surface area contributed by atoms with Crippen molar-refractivity contribution < 1.29 is 0 Å². The van der Waals surface area contributed by atoms with Gasteiger partial charge in [-0.2, -0.15) is 11.8 Å². The molecule has 0 aliphatic heterocycles. The van der Waals surface area contributed by atoms with Gasteiger partial charge in [0.05, 0.1) is 4.75 Å². The van der Waals surface area contributed by atoms with Crippen molar-refractivity contribution in [2.24, 2.45) is 0 Å². The summed E-state index contributed by atoms with van der Waals surface area (Å²) in [5.74, 6) is 9.03. The average Bonchev–Trinajstić information content (AvgIpc) is 2.42. The molecule has 2 heteroatoms. The van der Waals surface area contributed by atoms with Gasteiger partial charge in [-0.05, 0) is 25.5 Å². The molecule has 0 fully saturated rings. The molecule has 0 N–H and O–H groups in total. The quantitative estimate of drug-likeness (QED) is 0.378. The molecule has 1 unspecified atom stereocenters. The van der Waals surface area contributed by atoms with Crippen molar-refractivity contribution in [2.75, 3.05) is 11.5 Å². The van der Waals surface area contributed by atoms with Crippen LogP contribution in [0.5, 0.6) is 0 Å². The van der Waals surface area contributed by atoms with E-state index in [1.54, 1.807) is 0 Å². The number of hydrogen-bond acceptors (Lipinski definition) is 2. The molecule has 0 amide bonds. The van der Waals surface area contributed by atoms with E-state index in [-0.39, 0.29) is 4.75 Å². The first-order chi connectivity index (χ1) is 9.85. The Labute approximate surface area is 139 Å². The Balaban J connectivity index is 2.62. The molecule has 21 heavy (non-hydrogen) atoms. The maximum atomic E-state index is 3.88. The molecule has 0 spiro atoms. The zero-order valence-corrected chi connectivity index (χ0v) is 15.2. The SMILES string of the molecule is C=CCC(C)(C#Cc1ccccc1)SCCSC(C)(C)C. The Morgan fingerprint density at radius 1 is 1.05 bits per heavy atom. The van der Waals surface area contributed by atoms with E-state index in [2.05, 4.69) is 58.2 Å². The summed E-state index contributed by atoms with van der Waals surface area (Å²) in [4.78, 5) is 0. The number of thioether (sulfide) groups is 2. The molecule has 114 valence electrons. The number of hydrogen-bond donors (Lipinski definition) is 0. The molecule has 0 aliphatic rings. The van der Waals surface area contributed by atoms with Gasteiger partial charge in [-0.3, -0.25) is 0 Å². The largest absolute Gasteiger partial charge is 0.155 e. The van der Waals surface area contributed by atoms with Gasteiger partial charge in [0.1, 0.15) is 0 Å². The van der Waals surface area contributed by atoms with Crippen LogP contribution in [0, 0.1) is 11.8 Å². The summed E-state index contributed by atoms with van der Waals surface area (Å²) in [5, 5.41) is 0. The molecule has 0 aliphatic carbocycles. The van der Waals surface area contributed by atoms with E-state index in [9.17, 15) is 0 Å². The maximum absolute atomic E-state index is 3.88. The summed E-state index contributed by atoms with van der Waals surface area (Å²) in [6, 6.07) is 10.2. The first-order valence-corrected chi connectivity index (χ1v) is 9.29. The third-order valence-electron chi connectivity index (χ3n) is 2.82. The monoisotopic (exact) mass is 318 g/mol. The highest BCUT2D eigenvalue weighted by atomic mass is 32.2.